The monoisotopic (exact) mass is 295 g/mol. The zero-order valence-electron chi connectivity index (χ0n) is 11.8. The Labute approximate surface area is 123 Å². The Morgan fingerprint density at radius 3 is 2.58 bits per heavy atom. The summed E-state index contributed by atoms with van der Waals surface area (Å²) in [6, 6.07) is 4.85. The molecule has 1 N–H and O–H groups in total. The summed E-state index contributed by atoms with van der Waals surface area (Å²) < 4.78 is 4.11. The Morgan fingerprint density at radius 2 is 1.95 bits per heavy atom. The summed E-state index contributed by atoms with van der Waals surface area (Å²) in [6.07, 6.45) is 3.12. The van der Waals surface area contributed by atoms with Crippen LogP contribution in [0.15, 0.2) is 12.1 Å². The van der Waals surface area contributed by atoms with E-state index in [2.05, 4.69) is 47.8 Å². The number of nitrogens with one attached hydrogen (secondary N) is 1. The van der Waals surface area contributed by atoms with Crippen LogP contribution in [-0.2, 0) is 19.3 Å². The van der Waals surface area contributed by atoms with E-state index in [-0.39, 0.29) is 0 Å². The van der Waals surface area contributed by atoms with Gasteiger partial charge in [0.15, 0.2) is 0 Å². The van der Waals surface area contributed by atoms with E-state index in [4.69, 9.17) is 0 Å². The second-order valence-electron chi connectivity index (χ2n) is 4.47. The van der Waals surface area contributed by atoms with Crippen molar-refractivity contribution in [1.29, 1.82) is 0 Å². The summed E-state index contributed by atoms with van der Waals surface area (Å²) in [5.74, 6) is 0. The Hall–Kier alpha value is -0.780. The number of hydrogen-bond acceptors (Lipinski definition) is 5. The largest absolute Gasteiger partial charge is 0.309 e. The van der Waals surface area contributed by atoms with E-state index in [0.717, 1.165) is 31.5 Å². The number of rotatable bonds is 7. The fourth-order valence-electron chi connectivity index (χ4n) is 2.15. The van der Waals surface area contributed by atoms with Gasteiger partial charge in [-0.2, -0.15) is 0 Å². The SMILES string of the molecule is CCNC(Cc1ccc(CC)s1)c1snnc1CC. The fourth-order valence-corrected chi connectivity index (χ4v) is 3.97. The first-order chi connectivity index (χ1) is 9.28. The topological polar surface area (TPSA) is 37.8 Å². The molecule has 0 aliphatic heterocycles. The summed E-state index contributed by atoms with van der Waals surface area (Å²) in [6.45, 7) is 7.47. The smallest absolute Gasteiger partial charge is 0.0801 e. The molecule has 0 amide bonds. The van der Waals surface area contributed by atoms with E-state index < -0.39 is 0 Å². The van der Waals surface area contributed by atoms with Crippen molar-refractivity contribution < 1.29 is 0 Å². The minimum atomic E-state index is 0.350. The van der Waals surface area contributed by atoms with Gasteiger partial charge in [-0.1, -0.05) is 25.3 Å². The van der Waals surface area contributed by atoms with E-state index >= 15 is 0 Å². The van der Waals surface area contributed by atoms with E-state index in [1.807, 2.05) is 11.3 Å². The lowest BCUT2D eigenvalue weighted by molar-refractivity contribution is 0.556. The van der Waals surface area contributed by atoms with Gasteiger partial charge in [-0.25, -0.2) is 0 Å². The Kier molecular flexibility index (Phi) is 5.48. The van der Waals surface area contributed by atoms with Gasteiger partial charge < -0.3 is 5.32 Å². The maximum absolute atomic E-state index is 4.23. The van der Waals surface area contributed by atoms with Crippen molar-refractivity contribution in [3.63, 3.8) is 0 Å². The molecule has 0 spiro atoms. The highest BCUT2D eigenvalue weighted by Gasteiger charge is 2.18. The minimum absolute atomic E-state index is 0.350. The Bertz CT molecular complexity index is 504. The molecule has 0 aromatic carbocycles. The van der Waals surface area contributed by atoms with Crippen LogP contribution in [0, 0.1) is 0 Å². The summed E-state index contributed by atoms with van der Waals surface area (Å²) in [5, 5.41) is 7.81. The molecule has 1 atom stereocenters. The van der Waals surface area contributed by atoms with Gasteiger partial charge >= 0.3 is 0 Å². The van der Waals surface area contributed by atoms with Gasteiger partial charge in [0.25, 0.3) is 0 Å². The highest BCUT2D eigenvalue weighted by molar-refractivity contribution is 7.12. The van der Waals surface area contributed by atoms with Crippen LogP contribution in [0.2, 0.25) is 0 Å². The number of thiophene rings is 1. The van der Waals surface area contributed by atoms with Gasteiger partial charge in [-0.15, -0.1) is 16.4 Å². The van der Waals surface area contributed by atoms with Gasteiger partial charge in [0, 0.05) is 22.2 Å². The molecule has 0 saturated heterocycles. The zero-order chi connectivity index (χ0) is 13.7. The number of likely N-dealkylation sites (N-methyl/N-ethyl adjacent to an activating group) is 1. The van der Waals surface area contributed by atoms with Crippen LogP contribution in [0.3, 0.4) is 0 Å². The molecule has 2 aromatic heterocycles. The lowest BCUT2D eigenvalue weighted by atomic mass is 10.1. The molecule has 2 rings (SSSR count). The van der Waals surface area contributed by atoms with E-state index in [0.29, 0.717) is 6.04 Å². The van der Waals surface area contributed by atoms with Crippen LogP contribution >= 0.6 is 22.9 Å². The molecular weight excluding hydrogens is 274 g/mol. The third-order valence-corrected chi connectivity index (χ3v) is 5.29. The quantitative estimate of drug-likeness (QED) is 0.848. The normalized spacial score (nSPS) is 12.8. The summed E-state index contributed by atoms with van der Waals surface area (Å²) >= 11 is 3.46. The first-order valence-corrected chi connectivity index (χ1v) is 8.49. The third-order valence-electron chi connectivity index (χ3n) is 3.16. The van der Waals surface area contributed by atoms with Crippen LogP contribution in [0.4, 0.5) is 0 Å². The third kappa shape index (κ3) is 3.61. The first-order valence-electron chi connectivity index (χ1n) is 6.90. The Morgan fingerprint density at radius 1 is 1.16 bits per heavy atom. The molecule has 19 heavy (non-hydrogen) atoms. The van der Waals surface area contributed by atoms with Crippen molar-refractivity contribution in [1.82, 2.24) is 14.9 Å². The van der Waals surface area contributed by atoms with Crippen LogP contribution in [-0.4, -0.2) is 16.1 Å². The molecular formula is C14H21N3S2. The van der Waals surface area contributed by atoms with E-state index in [1.165, 1.54) is 26.2 Å². The summed E-state index contributed by atoms with van der Waals surface area (Å²) in [5.41, 5.74) is 1.14. The highest BCUT2D eigenvalue weighted by atomic mass is 32.1. The number of hydrogen-bond donors (Lipinski definition) is 1. The van der Waals surface area contributed by atoms with Crippen LogP contribution < -0.4 is 5.32 Å². The van der Waals surface area contributed by atoms with E-state index in [9.17, 15) is 0 Å². The van der Waals surface area contributed by atoms with Gasteiger partial charge in [-0.05, 0) is 43.1 Å². The fraction of sp³-hybridized carbons (Fsp3) is 0.571. The molecule has 3 nitrogen and oxygen atoms in total. The second kappa shape index (κ2) is 7.12. The summed E-state index contributed by atoms with van der Waals surface area (Å²) in [4.78, 5) is 4.21. The molecule has 0 saturated carbocycles. The second-order valence-corrected chi connectivity index (χ2v) is 6.51. The highest BCUT2D eigenvalue weighted by Crippen LogP contribution is 2.27. The molecule has 0 radical (unpaired) electrons. The van der Waals surface area contributed by atoms with Crippen molar-refractivity contribution in [2.24, 2.45) is 0 Å². The zero-order valence-corrected chi connectivity index (χ0v) is 13.4. The lowest BCUT2D eigenvalue weighted by Crippen LogP contribution is -2.22. The molecule has 1 unspecified atom stereocenters. The Balaban J connectivity index is 2.16. The van der Waals surface area contributed by atoms with Gasteiger partial charge in [0.2, 0.25) is 0 Å². The molecule has 0 aliphatic carbocycles. The molecule has 0 bridgehead atoms. The molecule has 0 fully saturated rings. The predicted molar refractivity (Wildman–Crippen MR) is 83.1 cm³/mol. The van der Waals surface area contributed by atoms with Crippen molar-refractivity contribution in [2.45, 2.75) is 46.1 Å². The van der Waals surface area contributed by atoms with Crippen molar-refractivity contribution in [2.75, 3.05) is 6.54 Å². The number of aromatic nitrogens is 2. The average molecular weight is 295 g/mol. The van der Waals surface area contributed by atoms with Crippen LogP contribution in [0.5, 0.6) is 0 Å². The molecule has 0 aliphatic rings. The van der Waals surface area contributed by atoms with Crippen molar-refractivity contribution >= 4 is 22.9 Å². The minimum Gasteiger partial charge on any atom is -0.309 e. The van der Waals surface area contributed by atoms with Gasteiger partial charge in [-0.3, -0.25) is 0 Å². The van der Waals surface area contributed by atoms with Crippen LogP contribution in [0.1, 0.15) is 47.1 Å². The van der Waals surface area contributed by atoms with Gasteiger partial charge in [0.1, 0.15) is 0 Å². The maximum Gasteiger partial charge on any atom is 0.0801 e. The standard InChI is InChI=1S/C14H21N3S2/c1-4-10-7-8-11(18-10)9-13(15-6-3)14-12(5-2)16-17-19-14/h7-8,13,15H,4-6,9H2,1-3H3. The van der Waals surface area contributed by atoms with Gasteiger partial charge in [0.05, 0.1) is 10.6 Å². The first kappa shape index (κ1) is 14.6. The lowest BCUT2D eigenvalue weighted by Gasteiger charge is -2.16. The molecule has 5 heteroatoms. The number of nitrogens with zero attached hydrogens (tertiary/aromatic N) is 2. The van der Waals surface area contributed by atoms with Crippen molar-refractivity contribution in [3.05, 3.63) is 32.5 Å². The van der Waals surface area contributed by atoms with Crippen LogP contribution in [0.25, 0.3) is 0 Å². The number of aryl methyl sites for hydroxylation is 2. The van der Waals surface area contributed by atoms with Crippen molar-refractivity contribution in [3.8, 4) is 0 Å². The predicted octanol–water partition coefficient (Wildman–Crippen LogP) is 3.62. The molecule has 2 heterocycles. The maximum atomic E-state index is 4.23. The summed E-state index contributed by atoms with van der Waals surface area (Å²) in [7, 11) is 0. The molecule has 2 aromatic rings. The average Bonchev–Trinajstić information content (AvgIpc) is 3.06. The molecule has 104 valence electrons. The van der Waals surface area contributed by atoms with E-state index in [1.54, 1.807) is 0 Å².